The summed E-state index contributed by atoms with van der Waals surface area (Å²) in [7, 11) is 1.60. The molecule has 37 heavy (non-hydrogen) atoms. The highest BCUT2D eigenvalue weighted by Gasteiger charge is 2.07. The molecule has 1 aromatic heterocycles. The van der Waals surface area contributed by atoms with Crippen LogP contribution in [-0.2, 0) is 4.79 Å². The molecule has 1 heterocycles. The van der Waals surface area contributed by atoms with Gasteiger partial charge in [0.1, 0.15) is 17.2 Å². The molecule has 6 nitrogen and oxygen atoms in total. The van der Waals surface area contributed by atoms with Crippen LogP contribution < -0.4 is 14.8 Å². The molecular weight excluding hydrogens is 462 g/mol. The fourth-order valence-corrected chi connectivity index (χ4v) is 3.88. The Morgan fingerprint density at radius 3 is 2.51 bits per heavy atom. The van der Waals surface area contributed by atoms with E-state index in [4.69, 9.17) is 9.47 Å². The van der Waals surface area contributed by atoms with E-state index < -0.39 is 0 Å². The molecule has 0 fully saturated rings. The smallest absolute Gasteiger partial charge is 0.248 e. The number of hydrogen-bond acceptors (Lipinski definition) is 4. The summed E-state index contributed by atoms with van der Waals surface area (Å²) >= 11 is 0. The molecule has 0 saturated heterocycles. The standard InChI is InChI=1S/C31H25N3O3/c1-36-30-13-6-5-10-23(30)15-19-31(35)32-24-11-7-12-25(20-24)37-26-16-17-27-28(33-34-29(27)21-26)18-14-22-8-3-2-4-9-22/h2-21H,1H3,(H,32,35)(H,33,34)/b18-14+,19-15+. The molecule has 0 atom stereocenters. The Bertz CT molecular complexity index is 1590. The van der Waals surface area contributed by atoms with Crippen LogP contribution in [0.15, 0.2) is 103 Å². The zero-order valence-electron chi connectivity index (χ0n) is 20.2. The van der Waals surface area contributed by atoms with Crippen molar-refractivity contribution < 1.29 is 14.3 Å². The van der Waals surface area contributed by atoms with Gasteiger partial charge in [-0.25, -0.2) is 0 Å². The van der Waals surface area contributed by atoms with Crippen molar-refractivity contribution in [3.8, 4) is 17.2 Å². The number of benzene rings is 4. The van der Waals surface area contributed by atoms with Crippen LogP contribution in [0.25, 0.3) is 29.1 Å². The summed E-state index contributed by atoms with van der Waals surface area (Å²) in [6, 6.07) is 30.6. The van der Waals surface area contributed by atoms with Gasteiger partial charge >= 0.3 is 0 Å². The number of aromatic amines is 1. The first-order valence-electron chi connectivity index (χ1n) is 11.8. The third-order valence-corrected chi connectivity index (χ3v) is 5.69. The van der Waals surface area contributed by atoms with E-state index in [9.17, 15) is 4.79 Å². The molecule has 4 aromatic carbocycles. The zero-order valence-corrected chi connectivity index (χ0v) is 20.2. The third-order valence-electron chi connectivity index (χ3n) is 5.69. The highest BCUT2D eigenvalue weighted by atomic mass is 16.5. The Balaban J connectivity index is 1.25. The first-order valence-corrected chi connectivity index (χ1v) is 11.8. The third kappa shape index (κ3) is 5.94. The van der Waals surface area contributed by atoms with Crippen LogP contribution in [0.1, 0.15) is 16.8 Å². The number of anilines is 1. The number of nitrogens with zero attached hydrogens (tertiary/aromatic N) is 1. The van der Waals surface area contributed by atoms with Crippen molar-refractivity contribution in [2.75, 3.05) is 12.4 Å². The Hall–Kier alpha value is -5.10. The average Bonchev–Trinajstić information content (AvgIpc) is 3.34. The molecule has 6 heteroatoms. The maximum Gasteiger partial charge on any atom is 0.248 e. The summed E-state index contributed by atoms with van der Waals surface area (Å²) in [4.78, 5) is 12.5. The van der Waals surface area contributed by atoms with Gasteiger partial charge in [0.15, 0.2) is 0 Å². The van der Waals surface area contributed by atoms with Gasteiger partial charge in [-0.05, 0) is 48.0 Å². The summed E-state index contributed by atoms with van der Waals surface area (Å²) in [5, 5.41) is 11.4. The molecule has 0 saturated carbocycles. The lowest BCUT2D eigenvalue weighted by atomic mass is 10.1. The SMILES string of the molecule is COc1ccccc1/C=C/C(=O)Nc1cccc(Oc2ccc3c(/C=C/c4ccccc4)n[nH]c3c2)c1. The van der Waals surface area contributed by atoms with Crippen LogP contribution in [0, 0.1) is 0 Å². The minimum Gasteiger partial charge on any atom is -0.496 e. The Kier molecular flexibility index (Phi) is 7.09. The first-order chi connectivity index (χ1) is 18.2. The number of rotatable bonds is 8. The first kappa shape index (κ1) is 23.6. The molecule has 0 spiro atoms. The molecule has 5 rings (SSSR count). The van der Waals surface area contributed by atoms with Crippen molar-refractivity contribution in [1.82, 2.24) is 10.2 Å². The van der Waals surface area contributed by atoms with E-state index in [1.54, 1.807) is 19.3 Å². The van der Waals surface area contributed by atoms with Gasteiger partial charge in [0.2, 0.25) is 5.91 Å². The van der Waals surface area contributed by atoms with Crippen molar-refractivity contribution in [3.63, 3.8) is 0 Å². The molecule has 0 unspecified atom stereocenters. The minimum absolute atomic E-state index is 0.252. The second-order valence-corrected chi connectivity index (χ2v) is 8.25. The average molecular weight is 488 g/mol. The normalized spacial score (nSPS) is 11.3. The van der Waals surface area contributed by atoms with Crippen LogP contribution >= 0.6 is 0 Å². The number of para-hydroxylation sites is 1. The molecular formula is C31H25N3O3. The lowest BCUT2D eigenvalue weighted by Crippen LogP contribution is -2.07. The van der Waals surface area contributed by atoms with Gasteiger partial charge in [-0.1, -0.05) is 60.7 Å². The zero-order chi connectivity index (χ0) is 25.5. The summed E-state index contributed by atoms with van der Waals surface area (Å²) in [5.41, 5.74) is 4.29. The predicted molar refractivity (Wildman–Crippen MR) is 149 cm³/mol. The van der Waals surface area contributed by atoms with Crippen molar-refractivity contribution in [2.24, 2.45) is 0 Å². The summed E-state index contributed by atoms with van der Waals surface area (Å²) < 4.78 is 11.4. The van der Waals surface area contributed by atoms with Crippen molar-refractivity contribution in [3.05, 3.63) is 120 Å². The van der Waals surface area contributed by atoms with Gasteiger partial charge in [-0.2, -0.15) is 5.10 Å². The van der Waals surface area contributed by atoms with Gasteiger partial charge < -0.3 is 14.8 Å². The molecule has 0 radical (unpaired) electrons. The molecule has 182 valence electrons. The number of methoxy groups -OCH3 is 1. The number of ether oxygens (including phenoxy) is 2. The highest BCUT2D eigenvalue weighted by Crippen LogP contribution is 2.28. The van der Waals surface area contributed by atoms with Crippen LogP contribution in [-0.4, -0.2) is 23.2 Å². The number of carbonyl (C=O) groups excluding carboxylic acids is 1. The van der Waals surface area contributed by atoms with E-state index in [-0.39, 0.29) is 5.91 Å². The maximum atomic E-state index is 12.5. The van der Waals surface area contributed by atoms with E-state index in [0.717, 1.165) is 27.7 Å². The number of H-pyrrole nitrogens is 1. The second-order valence-electron chi connectivity index (χ2n) is 8.25. The summed E-state index contributed by atoms with van der Waals surface area (Å²) in [5.74, 6) is 1.72. The number of hydrogen-bond donors (Lipinski definition) is 2. The van der Waals surface area contributed by atoms with Crippen LogP contribution in [0.5, 0.6) is 17.2 Å². The summed E-state index contributed by atoms with van der Waals surface area (Å²) in [6.07, 6.45) is 7.22. The molecule has 1 amide bonds. The van der Waals surface area contributed by atoms with Gasteiger partial charge in [0.05, 0.1) is 18.3 Å². The number of aromatic nitrogens is 2. The van der Waals surface area contributed by atoms with Crippen LogP contribution in [0.3, 0.4) is 0 Å². The van der Waals surface area contributed by atoms with E-state index in [1.807, 2.05) is 103 Å². The predicted octanol–water partition coefficient (Wildman–Crippen LogP) is 7.19. The number of fused-ring (bicyclic) bond motifs is 1. The Labute approximate surface area is 214 Å². The van der Waals surface area contributed by atoms with Crippen LogP contribution in [0.2, 0.25) is 0 Å². The monoisotopic (exact) mass is 487 g/mol. The fraction of sp³-hybridized carbons (Fsp3) is 0.0323. The largest absolute Gasteiger partial charge is 0.496 e. The molecule has 0 bridgehead atoms. The fourth-order valence-electron chi connectivity index (χ4n) is 3.88. The van der Waals surface area contributed by atoms with Crippen LogP contribution in [0.4, 0.5) is 5.69 Å². The second kappa shape index (κ2) is 11.1. The number of nitrogens with one attached hydrogen (secondary N) is 2. The quantitative estimate of drug-likeness (QED) is 0.227. The highest BCUT2D eigenvalue weighted by molar-refractivity contribution is 6.02. The molecule has 5 aromatic rings. The van der Waals surface area contributed by atoms with Gasteiger partial charge in [0.25, 0.3) is 0 Å². The summed E-state index contributed by atoms with van der Waals surface area (Å²) in [6.45, 7) is 0. The van der Waals surface area contributed by atoms with E-state index in [1.165, 1.54) is 6.08 Å². The van der Waals surface area contributed by atoms with Crippen molar-refractivity contribution >= 4 is 40.7 Å². The minimum atomic E-state index is -0.252. The topological polar surface area (TPSA) is 76.2 Å². The van der Waals surface area contributed by atoms with Gasteiger partial charge in [0, 0.05) is 34.8 Å². The van der Waals surface area contributed by atoms with E-state index >= 15 is 0 Å². The van der Waals surface area contributed by atoms with Crippen molar-refractivity contribution in [2.45, 2.75) is 0 Å². The number of carbonyl (C=O) groups is 1. The molecule has 0 aliphatic rings. The Morgan fingerprint density at radius 1 is 0.838 bits per heavy atom. The van der Waals surface area contributed by atoms with Gasteiger partial charge in [-0.3, -0.25) is 9.89 Å². The maximum absolute atomic E-state index is 12.5. The Morgan fingerprint density at radius 2 is 1.65 bits per heavy atom. The van der Waals surface area contributed by atoms with E-state index in [2.05, 4.69) is 15.5 Å². The lowest BCUT2D eigenvalue weighted by Gasteiger charge is -2.08. The number of amides is 1. The molecule has 0 aliphatic carbocycles. The van der Waals surface area contributed by atoms with E-state index in [0.29, 0.717) is 22.9 Å². The lowest BCUT2D eigenvalue weighted by molar-refractivity contribution is -0.111. The van der Waals surface area contributed by atoms with Gasteiger partial charge in [-0.15, -0.1) is 0 Å². The van der Waals surface area contributed by atoms with Crippen molar-refractivity contribution in [1.29, 1.82) is 0 Å². The molecule has 2 N–H and O–H groups in total. The molecule has 0 aliphatic heterocycles.